The maximum Gasteiger partial charge on any atom is 0.162 e. The Morgan fingerprint density at radius 3 is 2.15 bits per heavy atom. The number of ether oxygens (including phenoxy) is 2. The molecule has 1 aliphatic rings. The molecule has 1 aliphatic heterocycles. The van der Waals surface area contributed by atoms with E-state index in [9.17, 15) is 5.11 Å². The third-order valence-corrected chi connectivity index (χ3v) is 2.44. The van der Waals surface area contributed by atoms with Crippen LogP contribution in [0, 0.1) is 5.41 Å². The first-order valence-corrected chi connectivity index (χ1v) is 4.48. The minimum atomic E-state index is -0.580. The van der Waals surface area contributed by atoms with Gasteiger partial charge in [0, 0.05) is 5.41 Å². The third-order valence-electron chi connectivity index (χ3n) is 2.44. The molecule has 3 nitrogen and oxygen atoms in total. The van der Waals surface area contributed by atoms with E-state index in [0.29, 0.717) is 13.2 Å². The zero-order valence-corrected chi connectivity index (χ0v) is 8.54. The molecule has 3 heteroatoms. The predicted molar refractivity (Wildman–Crippen MR) is 50.3 cm³/mol. The van der Waals surface area contributed by atoms with Crippen molar-refractivity contribution >= 4 is 0 Å². The Hall–Kier alpha value is -0.380. The summed E-state index contributed by atoms with van der Waals surface area (Å²) in [6.45, 7) is 10.2. The highest BCUT2D eigenvalue weighted by Gasteiger charge is 2.40. The Morgan fingerprint density at radius 1 is 1.31 bits per heavy atom. The second kappa shape index (κ2) is 3.40. The lowest BCUT2D eigenvalue weighted by atomic mass is 9.85. The van der Waals surface area contributed by atoms with Crippen molar-refractivity contribution in [2.75, 3.05) is 13.2 Å². The van der Waals surface area contributed by atoms with E-state index >= 15 is 0 Å². The molecule has 13 heavy (non-hydrogen) atoms. The van der Waals surface area contributed by atoms with Crippen molar-refractivity contribution < 1.29 is 14.6 Å². The van der Waals surface area contributed by atoms with Crippen molar-refractivity contribution in [1.82, 2.24) is 0 Å². The molecule has 0 amide bonds. The van der Waals surface area contributed by atoms with E-state index in [1.54, 1.807) is 0 Å². The van der Waals surface area contributed by atoms with E-state index < -0.39 is 11.9 Å². The van der Waals surface area contributed by atoms with Crippen LogP contribution in [0.1, 0.15) is 20.8 Å². The highest BCUT2D eigenvalue weighted by molar-refractivity contribution is 4.95. The van der Waals surface area contributed by atoms with E-state index in [0.717, 1.165) is 0 Å². The predicted octanol–water partition coefficient (Wildman–Crippen LogP) is 1.32. The van der Waals surface area contributed by atoms with Crippen LogP contribution in [0.4, 0.5) is 0 Å². The molecule has 1 unspecified atom stereocenters. The van der Waals surface area contributed by atoms with Crippen LogP contribution in [0.2, 0.25) is 0 Å². The SMILES string of the molecule is C=CC(O)C1(C)COC(C)(C)OC1. The van der Waals surface area contributed by atoms with Crippen molar-refractivity contribution in [3.05, 3.63) is 12.7 Å². The average Bonchev–Trinajstić information content (AvgIpc) is 2.09. The smallest absolute Gasteiger partial charge is 0.162 e. The molecular weight excluding hydrogens is 168 g/mol. The molecule has 1 atom stereocenters. The maximum atomic E-state index is 9.63. The highest BCUT2D eigenvalue weighted by atomic mass is 16.7. The fourth-order valence-corrected chi connectivity index (χ4v) is 1.22. The lowest BCUT2D eigenvalue weighted by molar-refractivity contribution is -0.292. The molecular formula is C10H18O3. The van der Waals surface area contributed by atoms with Gasteiger partial charge in [0.15, 0.2) is 5.79 Å². The Balaban J connectivity index is 2.61. The average molecular weight is 186 g/mol. The van der Waals surface area contributed by atoms with E-state index in [4.69, 9.17) is 9.47 Å². The lowest BCUT2D eigenvalue weighted by Crippen LogP contribution is -2.50. The summed E-state index contributed by atoms with van der Waals surface area (Å²) in [7, 11) is 0. The van der Waals surface area contributed by atoms with Gasteiger partial charge in [-0.15, -0.1) is 6.58 Å². The maximum absolute atomic E-state index is 9.63. The lowest BCUT2D eigenvalue weighted by Gasteiger charge is -2.42. The van der Waals surface area contributed by atoms with Crippen molar-refractivity contribution in [2.45, 2.75) is 32.7 Å². The highest BCUT2D eigenvalue weighted by Crippen LogP contribution is 2.32. The van der Waals surface area contributed by atoms with Crippen LogP contribution in [0.3, 0.4) is 0 Å². The summed E-state index contributed by atoms with van der Waals surface area (Å²) in [6.07, 6.45) is 0.939. The molecule has 1 rings (SSSR count). The molecule has 0 aromatic heterocycles. The Kier molecular flexibility index (Phi) is 2.80. The fourth-order valence-electron chi connectivity index (χ4n) is 1.22. The first kappa shape index (κ1) is 10.7. The largest absolute Gasteiger partial charge is 0.388 e. The quantitative estimate of drug-likeness (QED) is 0.661. The van der Waals surface area contributed by atoms with Gasteiger partial charge in [-0.2, -0.15) is 0 Å². The van der Waals surface area contributed by atoms with Crippen LogP contribution in [0.25, 0.3) is 0 Å². The molecule has 0 spiro atoms. The zero-order chi connectivity index (χ0) is 10.1. The summed E-state index contributed by atoms with van der Waals surface area (Å²) in [5, 5.41) is 9.63. The second-order valence-corrected chi connectivity index (χ2v) is 4.31. The molecule has 0 bridgehead atoms. The Bertz CT molecular complexity index is 188. The van der Waals surface area contributed by atoms with E-state index in [2.05, 4.69) is 6.58 Å². The van der Waals surface area contributed by atoms with Gasteiger partial charge in [-0.25, -0.2) is 0 Å². The monoisotopic (exact) mass is 186 g/mol. The first-order valence-electron chi connectivity index (χ1n) is 4.48. The number of rotatable bonds is 2. The summed E-state index contributed by atoms with van der Waals surface area (Å²) >= 11 is 0. The van der Waals surface area contributed by atoms with Crippen molar-refractivity contribution in [2.24, 2.45) is 5.41 Å². The van der Waals surface area contributed by atoms with E-state index in [1.165, 1.54) is 6.08 Å². The van der Waals surface area contributed by atoms with Gasteiger partial charge in [0.1, 0.15) is 0 Å². The van der Waals surface area contributed by atoms with Gasteiger partial charge in [-0.1, -0.05) is 13.0 Å². The Labute approximate surface area is 79.3 Å². The molecule has 76 valence electrons. The van der Waals surface area contributed by atoms with Crippen LogP contribution in [0.15, 0.2) is 12.7 Å². The summed E-state index contributed by atoms with van der Waals surface area (Å²) in [5.74, 6) is -0.527. The van der Waals surface area contributed by atoms with Crippen molar-refractivity contribution in [3.63, 3.8) is 0 Å². The molecule has 0 saturated carbocycles. The van der Waals surface area contributed by atoms with Crippen LogP contribution in [-0.4, -0.2) is 30.2 Å². The minimum Gasteiger partial charge on any atom is -0.388 e. The van der Waals surface area contributed by atoms with Gasteiger partial charge in [0.25, 0.3) is 0 Å². The van der Waals surface area contributed by atoms with E-state index in [-0.39, 0.29) is 5.41 Å². The second-order valence-electron chi connectivity index (χ2n) is 4.31. The van der Waals surface area contributed by atoms with Gasteiger partial charge in [-0.3, -0.25) is 0 Å². The molecule has 1 saturated heterocycles. The summed E-state index contributed by atoms with van der Waals surface area (Å²) in [4.78, 5) is 0. The van der Waals surface area contributed by atoms with Crippen LogP contribution in [0.5, 0.6) is 0 Å². The van der Waals surface area contributed by atoms with Crippen LogP contribution < -0.4 is 0 Å². The van der Waals surface area contributed by atoms with Gasteiger partial charge in [0.05, 0.1) is 19.3 Å². The minimum absolute atomic E-state index is 0.364. The van der Waals surface area contributed by atoms with Crippen LogP contribution >= 0.6 is 0 Å². The number of hydrogen-bond donors (Lipinski definition) is 1. The summed E-state index contributed by atoms with van der Waals surface area (Å²) < 4.78 is 10.9. The molecule has 0 radical (unpaired) electrons. The molecule has 1 N–H and O–H groups in total. The third kappa shape index (κ3) is 2.30. The Morgan fingerprint density at radius 2 is 1.77 bits per heavy atom. The van der Waals surface area contributed by atoms with E-state index in [1.807, 2.05) is 20.8 Å². The zero-order valence-electron chi connectivity index (χ0n) is 8.54. The normalized spacial score (nSPS) is 28.0. The van der Waals surface area contributed by atoms with Crippen LogP contribution in [-0.2, 0) is 9.47 Å². The van der Waals surface area contributed by atoms with Gasteiger partial charge in [-0.05, 0) is 13.8 Å². The number of aliphatic hydroxyl groups excluding tert-OH is 1. The molecule has 0 aromatic carbocycles. The van der Waals surface area contributed by atoms with Gasteiger partial charge < -0.3 is 14.6 Å². The van der Waals surface area contributed by atoms with Crippen molar-refractivity contribution in [3.8, 4) is 0 Å². The molecule has 0 aromatic rings. The first-order chi connectivity index (χ1) is 5.90. The number of hydrogen-bond acceptors (Lipinski definition) is 3. The van der Waals surface area contributed by atoms with Crippen molar-refractivity contribution in [1.29, 1.82) is 0 Å². The molecule has 1 fully saturated rings. The molecule has 0 aliphatic carbocycles. The van der Waals surface area contributed by atoms with Gasteiger partial charge >= 0.3 is 0 Å². The molecule has 1 heterocycles. The van der Waals surface area contributed by atoms with Gasteiger partial charge in [0.2, 0.25) is 0 Å². The fraction of sp³-hybridized carbons (Fsp3) is 0.800. The standard InChI is InChI=1S/C10H18O3/c1-5-8(11)10(4)6-12-9(2,3)13-7-10/h5,8,11H,1,6-7H2,2-4H3. The number of aliphatic hydroxyl groups is 1. The summed E-state index contributed by atoms with van der Waals surface area (Å²) in [5.41, 5.74) is -0.364. The topological polar surface area (TPSA) is 38.7 Å². The summed E-state index contributed by atoms with van der Waals surface area (Å²) in [6, 6.07) is 0.